The standard InChI is InChI=1S/C15H16FN3O2S/c1-3-8-17-15-7-5-13(10-18-15)19-22(20,21)14-6-4-12(16)9-11(14)2/h3-7,9-10,19H,1,8H2,2H3,(H,17,18). The molecular formula is C15H16FN3O2S. The summed E-state index contributed by atoms with van der Waals surface area (Å²) in [5.74, 6) is 0.136. The number of hydrogen-bond donors (Lipinski definition) is 2. The molecule has 0 saturated heterocycles. The average molecular weight is 321 g/mol. The Kier molecular flexibility index (Phi) is 4.77. The monoisotopic (exact) mass is 321 g/mol. The molecule has 2 aromatic rings. The summed E-state index contributed by atoms with van der Waals surface area (Å²) in [6.07, 6.45) is 3.09. The highest BCUT2D eigenvalue weighted by Crippen LogP contribution is 2.20. The molecule has 0 unspecified atom stereocenters. The van der Waals surface area contributed by atoms with Gasteiger partial charge in [-0.2, -0.15) is 0 Å². The summed E-state index contributed by atoms with van der Waals surface area (Å²) < 4.78 is 40.1. The van der Waals surface area contributed by atoms with Crippen LogP contribution in [0.1, 0.15) is 5.56 Å². The van der Waals surface area contributed by atoms with Crippen LogP contribution in [0.2, 0.25) is 0 Å². The highest BCUT2D eigenvalue weighted by molar-refractivity contribution is 7.92. The van der Waals surface area contributed by atoms with Gasteiger partial charge in [-0.15, -0.1) is 6.58 Å². The van der Waals surface area contributed by atoms with Crippen LogP contribution in [0, 0.1) is 12.7 Å². The quantitative estimate of drug-likeness (QED) is 0.803. The Hall–Kier alpha value is -2.41. The minimum absolute atomic E-state index is 0.0303. The van der Waals surface area contributed by atoms with Crippen molar-refractivity contribution in [2.45, 2.75) is 11.8 Å². The first-order valence-corrected chi connectivity index (χ1v) is 8.00. The van der Waals surface area contributed by atoms with Crippen LogP contribution >= 0.6 is 0 Å². The number of halogens is 1. The minimum Gasteiger partial charge on any atom is -0.367 e. The van der Waals surface area contributed by atoms with Crippen molar-refractivity contribution >= 4 is 21.5 Å². The highest BCUT2D eigenvalue weighted by Gasteiger charge is 2.17. The fourth-order valence-corrected chi connectivity index (χ4v) is 3.13. The second-order valence-electron chi connectivity index (χ2n) is 4.62. The van der Waals surface area contributed by atoms with E-state index in [9.17, 15) is 12.8 Å². The number of sulfonamides is 1. The van der Waals surface area contributed by atoms with Crippen LogP contribution in [-0.4, -0.2) is 19.9 Å². The van der Waals surface area contributed by atoms with Gasteiger partial charge in [-0.25, -0.2) is 17.8 Å². The van der Waals surface area contributed by atoms with Crippen molar-refractivity contribution in [1.82, 2.24) is 4.98 Å². The van der Waals surface area contributed by atoms with Gasteiger partial charge < -0.3 is 5.32 Å². The van der Waals surface area contributed by atoms with Gasteiger partial charge in [0, 0.05) is 6.54 Å². The molecule has 2 N–H and O–H groups in total. The Balaban J connectivity index is 2.19. The maximum Gasteiger partial charge on any atom is 0.262 e. The second-order valence-corrected chi connectivity index (χ2v) is 6.27. The Bertz CT molecular complexity index is 774. The molecule has 0 atom stereocenters. The van der Waals surface area contributed by atoms with Crippen molar-refractivity contribution < 1.29 is 12.8 Å². The van der Waals surface area contributed by atoms with Gasteiger partial charge in [0.2, 0.25) is 0 Å². The van der Waals surface area contributed by atoms with Gasteiger partial charge in [0.05, 0.1) is 16.8 Å². The lowest BCUT2D eigenvalue weighted by atomic mass is 10.2. The summed E-state index contributed by atoms with van der Waals surface area (Å²) in [5.41, 5.74) is 0.664. The Morgan fingerprint density at radius 1 is 1.32 bits per heavy atom. The van der Waals surface area contributed by atoms with E-state index in [-0.39, 0.29) is 4.90 Å². The zero-order chi connectivity index (χ0) is 16.2. The van der Waals surface area contributed by atoms with Crippen LogP contribution in [0.3, 0.4) is 0 Å². The molecule has 1 heterocycles. The number of hydrogen-bond acceptors (Lipinski definition) is 4. The largest absolute Gasteiger partial charge is 0.367 e. The van der Waals surface area contributed by atoms with Gasteiger partial charge in [0.15, 0.2) is 0 Å². The van der Waals surface area contributed by atoms with E-state index in [2.05, 4.69) is 21.6 Å². The van der Waals surface area contributed by atoms with Crippen molar-refractivity contribution in [3.8, 4) is 0 Å². The summed E-state index contributed by atoms with van der Waals surface area (Å²) in [5, 5.41) is 2.98. The summed E-state index contributed by atoms with van der Waals surface area (Å²) >= 11 is 0. The zero-order valence-electron chi connectivity index (χ0n) is 12.0. The third-order valence-corrected chi connectivity index (χ3v) is 4.41. The van der Waals surface area contributed by atoms with Crippen LogP contribution in [-0.2, 0) is 10.0 Å². The fourth-order valence-electron chi connectivity index (χ4n) is 1.86. The molecule has 0 aliphatic heterocycles. The molecule has 116 valence electrons. The summed E-state index contributed by atoms with van der Waals surface area (Å²) in [6, 6.07) is 6.77. The van der Waals surface area contributed by atoms with E-state index in [4.69, 9.17) is 0 Å². The molecule has 22 heavy (non-hydrogen) atoms. The Labute approximate surface area is 129 Å². The molecule has 0 fully saturated rings. The van der Waals surface area contributed by atoms with Crippen LogP contribution < -0.4 is 10.0 Å². The van der Waals surface area contributed by atoms with Crippen LogP contribution in [0.15, 0.2) is 54.1 Å². The third-order valence-electron chi connectivity index (χ3n) is 2.87. The van der Waals surface area contributed by atoms with Crippen molar-refractivity contribution in [3.63, 3.8) is 0 Å². The molecule has 7 heteroatoms. The first-order chi connectivity index (χ1) is 10.4. The predicted molar refractivity (Wildman–Crippen MR) is 84.9 cm³/mol. The molecule has 0 bridgehead atoms. The van der Waals surface area contributed by atoms with Gasteiger partial charge in [-0.1, -0.05) is 6.08 Å². The van der Waals surface area contributed by atoms with E-state index < -0.39 is 15.8 Å². The zero-order valence-corrected chi connectivity index (χ0v) is 12.8. The lowest BCUT2D eigenvalue weighted by Crippen LogP contribution is -2.14. The van der Waals surface area contributed by atoms with Crippen molar-refractivity contribution in [1.29, 1.82) is 0 Å². The van der Waals surface area contributed by atoms with E-state index in [1.807, 2.05) is 0 Å². The lowest BCUT2D eigenvalue weighted by Gasteiger charge is -2.10. The average Bonchev–Trinajstić information content (AvgIpc) is 2.45. The second kappa shape index (κ2) is 6.57. The van der Waals surface area contributed by atoms with Crippen molar-refractivity contribution in [2.75, 3.05) is 16.6 Å². The molecule has 0 aliphatic carbocycles. The molecule has 1 aromatic carbocycles. The van der Waals surface area contributed by atoms with E-state index in [0.717, 1.165) is 6.07 Å². The highest BCUT2D eigenvalue weighted by atomic mass is 32.2. The van der Waals surface area contributed by atoms with Gasteiger partial charge in [-0.05, 0) is 42.8 Å². The molecule has 0 amide bonds. The van der Waals surface area contributed by atoms with Gasteiger partial charge in [0.1, 0.15) is 11.6 Å². The van der Waals surface area contributed by atoms with Crippen molar-refractivity contribution in [2.24, 2.45) is 0 Å². The van der Waals surface area contributed by atoms with E-state index in [0.29, 0.717) is 23.6 Å². The summed E-state index contributed by atoms with van der Waals surface area (Å²) in [6.45, 7) is 5.68. The molecule has 5 nitrogen and oxygen atoms in total. The number of aryl methyl sites for hydroxylation is 1. The number of nitrogens with one attached hydrogen (secondary N) is 2. The summed E-state index contributed by atoms with van der Waals surface area (Å²) in [7, 11) is -3.78. The van der Waals surface area contributed by atoms with E-state index in [1.54, 1.807) is 18.2 Å². The first kappa shape index (κ1) is 16.0. The smallest absolute Gasteiger partial charge is 0.262 e. The fraction of sp³-hybridized carbons (Fsp3) is 0.133. The van der Waals surface area contributed by atoms with Gasteiger partial charge in [-0.3, -0.25) is 4.72 Å². The topological polar surface area (TPSA) is 71.1 Å². The molecule has 1 aromatic heterocycles. The number of aromatic nitrogens is 1. The molecule has 2 rings (SSSR count). The Morgan fingerprint density at radius 3 is 2.68 bits per heavy atom. The van der Waals surface area contributed by atoms with Crippen LogP contribution in [0.4, 0.5) is 15.9 Å². The number of rotatable bonds is 6. The normalized spacial score (nSPS) is 11.0. The molecule has 0 radical (unpaired) electrons. The third kappa shape index (κ3) is 3.82. The number of pyridine rings is 1. The number of nitrogens with zero attached hydrogens (tertiary/aromatic N) is 1. The molecule has 0 aliphatic rings. The lowest BCUT2D eigenvalue weighted by molar-refractivity contribution is 0.598. The Morgan fingerprint density at radius 2 is 2.09 bits per heavy atom. The van der Waals surface area contributed by atoms with E-state index >= 15 is 0 Å². The van der Waals surface area contributed by atoms with Crippen LogP contribution in [0.25, 0.3) is 0 Å². The van der Waals surface area contributed by atoms with Crippen molar-refractivity contribution in [3.05, 3.63) is 60.6 Å². The minimum atomic E-state index is -3.78. The first-order valence-electron chi connectivity index (χ1n) is 6.52. The number of anilines is 2. The molecular weight excluding hydrogens is 305 g/mol. The summed E-state index contributed by atoms with van der Waals surface area (Å²) in [4.78, 5) is 4.12. The van der Waals surface area contributed by atoms with Crippen LogP contribution in [0.5, 0.6) is 0 Å². The van der Waals surface area contributed by atoms with Gasteiger partial charge in [0.25, 0.3) is 10.0 Å². The SMILES string of the molecule is C=CCNc1ccc(NS(=O)(=O)c2ccc(F)cc2C)cn1. The predicted octanol–water partition coefficient (Wildman–Crippen LogP) is 2.93. The maximum atomic E-state index is 13.1. The van der Waals surface area contributed by atoms with E-state index in [1.165, 1.54) is 25.3 Å². The maximum absolute atomic E-state index is 13.1. The molecule has 0 saturated carbocycles. The van der Waals surface area contributed by atoms with Gasteiger partial charge >= 0.3 is 0 Å². The molecule has 0 spiro atoms. The number of benzene rings is 1.